The zero-order valence-corrected chi connectivity index (χ0v) is 10.1. The van der Waals surface area contributed by atoms with Gasteiger partial charge in [-0.25, -0.2) is 4.39 Å². The zero-order valence-electron chi connectivity index (χ0n) is 10.1. The summed E-state index contributed by atoms with van der Waals surface area (Å²) < 4.78 is 12.9. The Morgan fingerprint density at radius 3 is 2.25 bits per heavy atom. The molecule has 0 heterocycles. The molecule has 16 heavy (non-hydrogen) atoms. The molecule has 1 unspecified atom stereocenters. The fourth-order valence-corrected chi connectivity index (χ4v) is 3.04. The Kier molecular flexibility index (Phi) is 3.29. The van der Waals surface area contributed by atoms with Gasteiger partial charge in [-0.1, -0.05) is 31.9 Å². The maximum absolute atomic E-state index is 12.9. The molecule has 1 aliphatic carbocycles. The van der Waals surface area contributed by atoms with Crippen LogP contribution >= 0.6 is 0 Å². The summed E-state index contributed by atoms with van der Waals surface area (Å²) in [5.41, 5.74) is 1.53. The Labute approximate surface area is 97.1 Å². The van der Waals surface area contributed by atoms with Crippen molar-refractivity contribution < 1.29 is 4.39 Å². The number of hydrogen-bond donors (Lipinski definition) is 1. The highest BCUT2D eigenvalue weighted by Gasteiger charge is 2.36. The molecule has 0 radical (unpaired) electrons. The van der Waals surface area contributed by atoms with Crippen LogP contribution < -0.4 is 5.32 Å². The Morgan fingerprint density at radius 1 is 1.19 bits per heavy atom. The van der Waals surface area contributed by atoms with Gasteiger partial charge in [-0.3, -0.25) is 0 Å². The van der Waals surface area contributed by atoms with Gasteiger partial charge in [0, 0.05) is 6.04 Å². The highest BCUT2D eigenvalue weighted by molar-refractivity contribution is 5.22. The van der Waals surface area contributed by atoms with E-state index in [0.717, 1.165) is 0 Å². The number of rotatable bonds is 3. The molecule has 88 valence electrons. The molecule has 0 spiro atoms. The van der Waals surface area contributed by atoms with Crippen molar-refractivity contribution in [3.05, 3.63) is 35.6 Å². The van der Waals surface area contributed by atoms with Crippen LogP contribution in [0.4, 0.5) is 4.39 Å². The first-order valence-electron chi connectivity index (χ1n) is 6.08. The van der Waals surface area contributed by atoms with E-state index in [0.29, 0.717) is 11.5 Å². The largest absolute Gasteiger partial charge is 0.313 e. The van der Waals surface area contributed by atoms with Gasteiger partial charge in [-0.15, -0.1) is 0 Å². The predicted octanol–water partition coefficient (Wildman–Crippen LogP) is 3.67. The van der Waals surface area contributed by atoms with Crippen LogP contribution in [0.3, 0.4) is 0 Å². The Balaban J connectivity index is 2.25. The van der Waals surface area contributed by atoms with Gasteiger partial charge >= 0.3 is 0 Å². The van der Waals surface area contributed by atoms with Crippen molar-refractivity contribution >= 4 is 0 Å². The van der Waals surface area contributed by atoms with E-state index in [1.54, 1.807) is 12.1 Å². The molecule has 1 aromatic rings. The first-order chi connectivity index (χ1) is 7.65. The van der Waals surface area contributed by atoms with Crippen LogP contribution in [0.2, 0.25) is 0 Å². The summed E-state index contributed by atoms with van der Waals surface area (Å²) in [7, 11) is 2.00. The van der Waals surface area contributed by atoms with Gasteiger partial charge in [-0.05, 0) is 43.0 Å². The first kappa shape index (κ1) is 11.6. The van der Waals surface area contributed by atoms with Crippen LogP contribution in [-0.2, 0) is 0 Å². The Bertz CT molecular complexity index is 338. The second-order valence-electron chi connectivity index (χ2n) is 5.13. The van der Waals surface area contributed by atoms with Gasteiger partial charge in [-0.2, -0.15) is 0 Å². The fraction of sp³-hybridized carbons (Fsp3) is 0.571. The second kappa shape index (κ2) is 4.54. The summed E-state index contributed by atoms with van der Waals surface area (Å²) in [4.78, 5) is 0. The molecule has 1 atom stereocenters. The van der Waals surface area contributed by atoms with Crippen molar-refractivity contribution in [1.82, 2.24) is 5.32 Å². The maximum Gasteiger partial charge on any atom is 0.123 e. The molecule has 1 saturated carbocycles. The highest BCUT2D eigenvalue weighted by Crippen LogP contribution is 2.46. The molecule has 2 rings (SSSR count). The summed E-state index contributed by atoms with van der Waals surface area (Å²) in [5.74, 6) is -0.157. The lowest BCUT2D eigenvalue weighted by molar-refractivity contribution is 0.233. The normalized spacial score (nSPS) is 20.9. The highest BCUT2D eigenvalue weighted by atomic mass is 19.1. The smallest absolute Gasteiger partial charge is 0.123 e. The Hall–Kier alpha value is -0.890. The van der Waals surface area contributed by atoms with Crippen molar-refractivity contribution in [3.8, 4) is 0 Å². The van der Waals surface area contributed by atoms with Gasteiger partial charge in [0.15, 0.2) is 0 Å². The molecular weight excluding hydrogens is 201 g/mol. The van der Waals surface area contributed by atoms with E-state index >= 15 is 0 Å². The van der Waals surface area contributed by atoms with Crippen LogP contribution in [-0.4, -0.2) is 7.05 Å². The monoisotopic (exact) mass is 221 g/mol. The summed E-state index contributed by atoms with van der Waals surface area (Å²) in [6, 6.07) is 7.26. The Morgan fingerprint density at radius 2 is 1.75 bits per heavy atom. The lowest BCUT2D eigenvalue weighted by Gasteiger charge is -2.34. The molecule has 0 bridgehead atoms. The van der Waals surface area contributed by atoms with Crippen molar-refractivity contribution in [1.29, 1.82) is 0 Å². The fourth-order valence-electron chi connectivity index (χ4n) is 3.04. The second-order valence-corrected chi connectivity index (χ2v) is 5.13. The molecule has 0 aliphatic heterocycles. The topological polar surface area (TPSA) is 12.0 Å². The lowest BCUT2D eigenvalue weighted by atomic mass is 9.77. The molecule has 0 aromatic heterocycles. The molecule has 1 nitrogen and oxygen atoms in total. The van der Waals surface area contributed by atoms with Crippen molar-refractivity contribution in [3.63, 3.8) is 0 Å². The van der Waals surface area contributed by atoms with E-state index in [4.69, 9.17) is 0 Å². The van der Waals surface area contributed by atoms with Crippen molar-refractivity contribution in [2.24, 2.45) is 5.41 Å². The predicted molar refractivity (Wildman–Crippen MR) is 64.8 cm³/mol. The summed E-state index contributed by atoms with van der Waals surface area (Å²) in [6.07, 6.45) is 5.15. The number of hydrogen-bond acceptors (Lipinski definition) is 1. The van der Waals surface area contributed by atoms with Crippen LogP contribution in [0, 0.1) is 11.2 Å². The van der Waals surface area contributed by atoms with Crippen LogP contribution in [0.1, 0.15) is 44.2 Å². The number of nitrogens with one attached hydrogen (secondary N) is 1. The van der Waals surface area contributed by atoms with Crippen molar-refractivity contribution in [2.75, 3.05) is 7.05 Å². The van der Waals surface area contributed by atoms with Crippen LogP contribution in [0.25, 0.3) is 0 Å². The molecule has 1 fully saturated rings. The van der Waals surface area contributed by atoms with E-state index in [9.17, 15) is 4.39 Å². The average molecular weight is 221 g/mol. The molecule has 0 amide bonds. The molecule has 0 saturated heterocycles. The zero-order chi connectivity index (χ0) is 11.6. The van der Waals surface area contributed by atoms with E-state index in [1.165, 1.54) is 31.2 Å². The molecule has 1 N–H and O–H groups in total. The summed E-state index contributed by atoms with van der Waals surface area (Å²) in [5, 5.41) is 3.40. The van der Waals surface area contributed by atoms with E-state index in [-0.39, 0.29) is 5.82 Å². The molecular formula is C14H20FN. The molecule has 1 aromatic carbocycles. The van der Waals surface area contributed by atoms with E-state index in [2.05, 4.69) is 12.2 Å². The van der Waals surface area contributed by atoms with Gasteiger partial charge in [0.25, 0.3) is 0 Å². The van der Waals surface area contributed by atoms with E-state index < -0.39 is 0 Å². The lowest BCUT2D eigenvalue weighted by Crippen LogP contribution is -2.32. The summed E-state index contributed by atoms with van der Waals surface area (Å²) >= 11 is 0. The quantitative estimate of drug-likeness (QED) is 0.821. The minimum Gasteiger partial charge on any atom is -0.313 e. The average Bonchev–Trinajstić information content (AvgIpc) is 2.70. The molecule has 1 aliphatic rings. The van der Waals surface area contributed by atoms with Gasteiger partial charge < -0.3 is 5.32 Å². The first-order valence-corrected chi connectivity index (χ1v) is 6.08. The third-order valence-corrected chi connectivity index (χ3v) is 3.93. The van der Waals surface area contributed by atoms with Gasteiger partial charge in [0.2, 0.25) is 0 Å². The van der Waals surface area contributed by atoms with Gasteiger partial charge in [0.05, 0.1) is 0 Å². The van der Waals surface area contributed by atoms with Crippen LogP contribution in [0.15, 0.2) is 24.3 Å². The summed E-state index contributed by atoms with van der Waals surface area (Å²) in [6.45, 7) is 2.34. The third-order valence-electron chi connectivity index (χ3n) is 3.93. The minimum atomic E-state index is -0.157. The standard InChI is InChI=1S/C14H20FN/c1-14(9-3-4-10-14)13(16-2)11-5-7-12(15)8-6-11/h5-8,13,16H,3-4,9-10H2,1-2H3. The van der Waals surface area contributed by atoms with Gasteiger partial charge in [0.1, 0.15) is 5.82 Å². The number of halogens is 1. The third kappa shape index (κ3) is 2.12. The molecule has 2 heteroatoms. The van der Waals surface area contributed by atoms with Crippen molar-refractivity contribution in [2.45, 2.75) is 38.6 Å². The SMILES string of the molecule is CNC(c1ccc(F)cc1)C1(C)CCCC1. The van der Waals surface area contributed by atoms with E-state index in [1.807, 2.05) is 19.2 Å². The maximum atomic E-state index is 12.9. The van der Waals surface area contributed by atoms with Crippen LogP contribution in [0.5, 0.6) is 0 Å². The minimum absolute atomic E-state index is 0.157. The number of benzene rings is 1.